The Kier molecular flexibility index (Phi) is 5.68. The summed E-state index contributed by atoms with van der Waals surface area (Å²) in [5.74, 6) is 0.911. The summed E-state index contributed by atoms with van der Waals surface area (Å²) in [7, 11) is 3.00. The van der Waals surface area contributed by atoms with Crippen LogP contribution < -0.4 is 14.2 Å². The Morgan fingerprint density at radius 1 is 1.19 bits per heavy atom. The molecule has 0 N–H and O–H groups in total. The van der Waals surface area contributed by atoms with Crippen LogP contribution in [0.3, 0.4) is 0 Å². The number of halogens is 1. The first-order chi connectivity index (χ1) is 15.3. The molecule has 0 unspecified atom stereocenters. The monoisotopic (exact) mass is 460 g/mol. The number of carbonyl (C=O) groups is 2. The van der Waals surface area contributed by atoms with Crippen molar-refractivity contribution in [1.29, 1.82) is 0 Å². The normalized spacial score (nSPS) is 16.8. The molecule has 0 aromatic heterocycles. The van der Waals surface area contributed by atoms with Gasteiger partial charge in [-0.25, -0.2) is 0 Å². The van der Waals surface area contributed by atoms with Crippen molar-refractivity contribution >= 4 is 29.0 Å². The van der Waals surface area contributed by atoms with Gasteiger partial charge in [-0.3, -0.25) is 19.7 Å². The zero-order valence-corrected chi connectivity index (χ0v) is 18.3. The lowest BCUT2D eigenvalue weighted by Gasteiger charge is -2.44. The van der Waals surface area contributed by atoms with Gasteiger partial charge in [-0.15, -0.1) is 0 Å². The fourth-order valence-electron chi connectivity index (χ4n) is 4.21. The SMILES string of the molecule is COc1cc(OC)c2c(c1)OC1(CCN(C(=O)c3ccc(Cl)c([N+](=O)[O-])c3)CC1)CC2=O. The molecule has 4 rings (SSSR count). The molecule has 0 aliphatic carbocycles. The average molecular weight is 461 g/mol. The molecule has 9 nitrogen and oxygen atoms in total. The van der Waals surface area contributed by atoms with Crippen LogP contribution in [-0.4, -0.2) is 54.4 Å². The summed E-state index contributed by atoms with van der Waals surface area (Å²) >= 11 is 5.84. The molecule has 1 spiro atoms. The summed E-state index contributed by atoms with van der Waals surface area (Å²) in [6, 6.07) is 7.31. The van der Waals surface area contributed by atoms with Crippen molar-refractivity contribution in [3.05, 3.63) is 56.6 Å². The second kappa shape index (κ2) is 8.31. The Hall–Kier alpha value is -3.33. The molecule has 0 atom stereocenters. The topological polar surface area (TPSA) is 108 Å². The Balaban J connectivity index is 1.53. The van der Waals surface area contributed by atoms with E-state index in [2.05, 4.69) is 0 Å². The van der Waals surface area contributed by atoms with E-state index < -0.39 is 10.5 Å². The molecule has 1 saturated heterocycles. The van der Waals surface area contributed by atoms with E-state index in [1.54, 1.807) is 17.0 Å². The maximum atomic E-state index is 13.0. The van der Waals surface area contributed by atoms with Crippen LogP contribution in [0.15, 0.2) is 30.3 Å². The minimum atomic E-state index is -0.732. The fourth-order valence-corrected chi connectivity index (χ4v) is 4.40. The third-order valence-corrected chi connectivity index (χ3v) is 6.25. The molecule has 2 aromatic rings. The van der Waals surface area contributed by atoms with Crippen LogP contribution in [0.1, 0.15) is 40.0 Å². The number of ketones is 1. The number of carbonyl (C=O) groups excluding carboxylic acids is 2. The number of amides is 1. The number of likely N-dealkylation sites (tertiary alicyclic amines) is 1. The standard InChI is InChI=1S/C22H21ClN2O7/c1-30-14-10-18(31-2)20-17(26)12-22(32-19(20)11-14)5-7-24(8-6-22)21(27)13-3-4-15(23)16(9-13)25(28)29/h3-4,9-11H,5-8,12H2,1-2H3. The molecule has 2 aromatic carbocycles. The largest absolute Gasteiger partial charge is 0.496 e. The van der Waals surface area contributed by atoms with Gasteiger partial charge < -0.3 is 19.1 Å². The third kappa shape index (κ3) is 3.84. The summed E-state index contributed by atoms with van der Waals surface area (Å²) in [4.78, 5) is 38.0. The number of hydrogen-bond acceptors (Lipinski definition) is 7. The van der Waals surface area contributed by atoms with Gasteiger partial charge in [-0.1, -0.05) is 11.6 Å². The molecule has 0 saturated carbocycles. The van der Waals surface area contributed by atoms with Crippen LogP contribution in [0.2, 0.25) is 5.02 Å². The molecule has 2 heterocycles. The van der Waals surface area contributed by atoms with Crippen molar-refractivity contribution in [2.24, 2.45) is 0 Å². The number of Topliss-reactive ketones (excluding diaryl/α,β-unsaturated/α-hetero) is 1. The highest BCUT2D eigenvalue weighted by Crippen LogP contribution is 2.45. The highest BCUT2D eigenvalue weighted by atomic mass is 35.5. The zero-order valence-electron chi connectivity index (χ0n) is 17.6. The first-order valence-corrected chi connectivity index (χ1v) is 10.4. The van der Waals surface area contributed by atoms with Crippen molar-refractivity contribution in [3.8, 4) is 17.2 Å². The highest BCUT2D eigenvalue weighted by molar-refractivity contribution is 6.32. The number of piperidine rings is 1. The Morgan fingerprint density at radius 3 is 2.53 bits per heavy atom. The van der Waals surface area contributed by atoms with E-state index in [9.17, 15) is 19.7 Å². The number of ether oxygens (including phenoxy) is 3. The van der Waals surface area contributed by atoms with Crippen LogP contribution in [-0.2, 0) is 0 Å². The van der Waals surface area contributed by atoms with Crippen LogP contribution in [0.5, 0.6) is 17.2 Å². The summed E-state index contributed by atoms with van der Waals surface area (Å²) in [6.07, 6.45) is 1.06. The maximum Gasteiger partial charge on any atom is 0.288 e. The summed E-state index contributed by atoms with van der Waals surface area (Å²) in [5, 5.41) is 11.1. The van der Waals surface area contributed by atoms with Gasteiger partial charge in [0.2, 0.25) is 0 Å². The number of nitrogens with zero attached hydrogens (tertiary/aromatic N) is 2. The molecule has 168 valence electrons. The van der Waals surface area contributed by atoms with Crippen molar-refractivity contribution in [1.82, 2.24) is 4.90 Å². The van der Waals surface area contributed by atoms with E-state index in [-0.39, 0.29) is 34.4 Å². The van der Waals surface area contributed by atoms with E-state index in [4.69, 9.17) is 25.8 Å². The molecule has 1 amide bonds. The van der Waals surface area contributed by atoms with Crippen molar-refractivity contribution in [2.75, 3.05) is 27.3 Å². The van der Waals surface area contributed by atoms with Crippen LogP contribution >= 0.6 is 11.6 Å². The highest BCUT2D eigenvalue weighted by Gasteiger charge is 2.45. The molecule has 10 heteroatoms. The fraction of sp³-hybridized carbons (Fsp3) is 0.364. The summed E-state index contributed by atoms with van der Waals surface area (Å²) in [5.41, 5.74) is -0.459. The second-order valence-electron chi connectivity index (χ2n) is 7.80. The van der Waals surface area contributed by atoms with E-state index in [1.165, 1.54) is 32.4 Å². The maximum absolute atomic E-state index is 13.0. The van der Waals surface area contributed by atoms with Crippen LogP contribution in [0, 0.1) is 10.1 Å². The molecule has 1 fully saturated rings. The number of hydrogen-bond donors (Lipinski definition) is 0. The number of nitro benzene ring substituents is 1. The van der Waals surface area contributed by atoms with Gasteiger partial charge in [0.25, 0.3) is 11.6 Å². The molecule has 0 bridgehead atoms. The van der Waals surface area contributed by atoms with Gasteiger partial charge in [0.05, 0.1) is 25.6 Å². The lowest BCUT2D eigenvalue weighted by atomic mass is 9.82. The van der Waals surface area contributed by atoms with E-state index in [0.717, 1.165) is 0 Å². The molecule has 0 radical (unpaired) electrons. The van der Waals surface area contributed by atoms with E-state index in [0.29, 0.717) is 48.7 Å². The van der Waals surface area contributed by atoms with Gasteiger partial charge >= 0.3 is 0 Å². The first-order valence-electron chi connectivity index (χ1n) is 9.98. The average Bonchev–Trinajstić information content (AvgIpc) is 2.78. The van der Waals surface area contributed by atoms with Gasteiger partial charge in [0.15, 0.2) is 5.78 Å². The lowest BCUT2D eigenvalue weighted by molar-refractivity contribution is -0.384. The summed E-state index contributed by atoms with van der Waals surface area (Å²) in [6.45, 7) is 0.692. The van der Waals surface area contributed by atoms with Crippen LogP contribution in [0.4, 0.5) is 5.69 Å². The van der Waals surface area contributed by atoms with Crippen molar-refractivity contribution in [2.45, 2.75) is 24.9 Å². The number of fused-ring (bicyclic) bond motifs is 1. The number of benzene rings is 2. The smallest absolute Gasteiger partial charge is 0.288 e. The van der Waals surface area contributed by atoms with Gasteiger partial charge in [0, 0.05) is 49.7 Å². The van der Waals surface area contributed by atoms with Crippen molar-refractivity contribution < 1.29 is 28.7 Å². The molecule has 2 aliphatic heterocycles. The zero-order chi connectivity index (χ0) is 23.0. The predicted octanol–water partition coefficient (Wildman–Crippen LogP) is 3.91. The van der Waals surface area contributed by atoms with Crippen molar-refractivity contribution in [3.63, 3.8) is 0 Å². The van der Waals surface area contributed by atoms with Gasteiger partial charge in [-0.05, 0) is 12.1 Å². The number of methoxy groups -OCH3 is 2. The molecule has 2 aliphatic rings. The Morgan fingerprint density at radius 2 is 1.91 bits per heavy atom. The first kappa shape index (κ1) is 21.9. The minimum absolute atomic E-state index is 0.0252. The predicted molar refractivity (Wildman–Crippen MR) is 115 cm³/mol. The Bertz CT molecular complexity index is 1110. The number of nitro groups is 1. The quantitative estimate of drug-likeness (QED) is 0.502. The lowest BCUT2D eigenvalue weighted by Crippen LogP contribution is -2.52. The van der Waals surface area contributed by atoms with E-state index in [1.807, 2.05) is 0 Å². The van der Waals surface area contributed by atoms with E-state index >= 15 is 0 Å². The Labute approximate surface area is 189 Å². The summed E-state index contributed by atoms with van der Waals surface area (Å²) < 4.78 is 16.9. The minimum Gasteiger partial charge on any atom is -0.496 e. The number of rotatable bonds is 4. The van der Waals surface area contributed by atoms with Gasteiger partial charge in [0.1, 0.15) is 33.4 Å². The van der Waals surface area contributed by atoms with Crippen LogP contribution in [0.25, 0.3) is 0 Å². The molecular formula is C22H21ClN2O7. The second-order valence-corrected chi connectivity index (χ2v) is 8.21. The third-order valence-electron chi connectivity index (χ3n) is 5.93. The molecular weight excluding hydrogens is 440 g/mol. The van der Waals surface area contributed by atoms with Gasteiger partial charge in [-0.2, -0.15) is 0 Å². The molecule has 32 heavy (non-hydrogen) atoms.